The summed E-state index contributed by atoms with van der Waals surface area (Å²) in [6, 6.07) is 0.283. The van der Waals surface area contributed by atoms with Gasteiger partial charge in [0.1, 0.15) is 11.5 Å². The number of hydrogen-bond donors (Lipinski definition) is 3. The van der Waals surface area contributed by atoms with Gasteiger partial charge in [0, 0.05) is 23.8 Å². The van der Waals surface area contributed by atoms with Crippen LogP contribution >= 0.6 is 11.6 Å². The van der Waals surface area contributed by atoms with Gasteiger partial charge in [-0.1, -0.05) is 11.6 Å². The molecule has 2 aromatic rings. The third-order valence-corrected chi connectivity index (χ3v) is 6.46. The first kappa shape index (κ1) is 21.1. The Bertz CT molecular complexity index is 1080. The van der Waals surface area contributed by atoms with Gasteiger partial charge in [-0.05, 0) is 44.6 Å². The minimum absolute atomic E-state index is 0.0744. The third-order valence-electron chi connectivity index (χ3n) is 6.17. The molecular formula is C21H22ClF2N5O3. The van der Waals surface area contributed by atoms with Crippen LogP contribution in [0.1, 0.15) is 44.1 Å². The molecule has 0 spiro atoms. The van der Waals surface area contributed by atoms with Crippen LogP contribution in [0.15, 0.2) is 12.3 Å². The fourth-order valence-electron chi connectivity index (χ4n) is 4.30. The summed E-state index contributed by atoms with van der Waals surface area (Å²) in [5, 5.41) is 22.4. The standard InChI is InChI=1S/C21H22ClF2N5O3/c22-14-7-15(23)18(31)16(24)17(14)28-9-10-8-25-20(26-11-1-5-13(30)6-2-11)27-19(10)29(21(28)32)12-3-4-12/h7-8,11-13,30-31H,1-6,9H2,(H,25,26,27). The SMILES string of the molecule is O=C1N(c2c(Cl)cc(F)c(O)c2F)Cc2cnc(NC3CCC(O)CC3)nc2N1C1CC1. The molecule has 2 heterocycles. The lowest BCUT2D eigenvalue weighted by Crippen LogP contribution is -2.49. The summed E-state index contributed by atoms with van der Waals surface area (Å²) in [7, 11) is 0. The van der Waals surface area contributed by atoms with Crippen LogP contribution in [0.5, 0.6) is 5.75 Å². The van der Waals surface area contributed by atoms with Gasteiger partial charge in [0.05, 0.1) is 17.7 Å². The molecule has 1 aromatic carbocycles. The number of aromatic hydroxyl groups is 1. The zero-order valence-electron chi connectivity index (χ0n) is 17.1. The summed E-state index contributed by atoms with van der Waals surface area (Å²) >= 11 is 6.06. The zero-order chi connectivity index (χ0) is 22.6. The Morgan fingerprint density at radius 1 is 1.16 bits per heavy atom. The maximum atomic E-state index is 14.7. The van der Waals surface area contributed by atoms with E-state index in [-0.39, 0.29) is 35.4 Å². The average Bonchev–Trinajstić information content (AvgIpc) is 3.59. The highest BCUT2D eigenvalue weighted by atomic mass is 35.5. The number of benzene rings is 1. The Kier molecular flexibility index (Phi) is 5.29. The molecule has 0 saturated heterocycles. The molecular weight excluding hydrogens is 444 g/mol. The summed E-state index contributed by atoms with van der Waals surface area (Å²) in [5.74, 6) is -2.84. The summed E-state index contributed by atoms with van der Waals surface area (Å²) in [6.07, 6.45) is 5.87. The molecule has 0 atom stereocenters. The lowest BCUT2D eigenvalue weighted by atomic mass is 9.93. The van der Waals surface area contributed by atoms with Crippen molar-refractivity contribution in [1.29, 1.82) is 0 Å². The lowest BCUT2D eigenvalue weighted by Gasteiger charge is -2.37. The van der Waals surface area contributed by atoms with Gasteiger partial charge in [0.25, 0.3) is 0 Å². The van der Waals surface area contributed by atoms with Crippen molar-refractivity contribution in [3.8, 4) is 5.75 Å². The first-order valence-electron chi connectivity index (χ1n) is 10.6. The largest absolute Gasteiger partial charge is 0.503 e. The van der Waals surface area contributed by atoms with Gasteiger partial charge in [-0.25, -0.2) is 18.6 Å². The summed E-state index contributed by atoms with van der Waals surface area (Å²) in [4.78, 5) is 24.9. The van der Waals surface area contributed by atoms with Gasteiger partial charge < -0.3 is 15.5 Å². The van der Waals surface area contributed by atoms with Crippen molar-refractivity contribution in [2.45, 2.75) is 63.3 Å². The fourth-order valence-corrected chi connectivity index (χ4v) is 4.58. The molecule has 11 heteroatoms. The number of nitrogens with one attached hydrogen (secondary N) is 1. The van der Waals surface area contributed by atoms with E-state index in [4.69, 9.17) is 11.6 Å². The molecule has 2 fully saturated rings. The molecule has 0 bridgehead atoms. The number of carbonyl (C=O) groups is 1. The van der Waals surface area contributed by atoms with Crippen molar-refractivity contribution in [3.05, 3.63) is 34.5 Å². The summed E-state index contributed by atoms with van der Waals surface area (Å²) in [6.45, 7) is -0.0744. The van der Waals surface area contributed by atoms with Gasteiger partial charge in [-0.2, -0.15) is 4.98 Å². The number of amides is 2. The van der Waals surface area contributed by atoms with E-state index in [1.54, 1.807) is 6.20 Å². The minimum atomic E-state index is -1.29. The van der Waals surface area contributed by atoms with Crippen LogP contribution < -0.4 is 15.1 Å². The van der Waals surface area contributed by atoms with Crippen LogP contribution in [-0.4, -0.2) is 44.4 Å². The number of phenolic OH excluding ortho intramolecular Hbond substituents is 1. The Morgan fingerprint density at radius 3 is 2.56 bits per heavy atom. The molecule has 1 aromatic heterocycles. The van der Waals surface area contributed by atoms with Crippen molar-refractivity contribution in [2.75, 3.05) is 15.1 Å². The molecule has 8 nitrogen and oxygen atoms in total. The number of nitrogens with zero attached hydrogens (tertiary/aromatic N) is 4. The maximum absolute atomic E-state index is 14.7. The van der Waals surface area contributed by atoms with E-state index in [0.717, 1.165) is 36.6 Å². The minimum Gasteiger partial charge on any atom is -0.503 e. The summed E-state index contributed by atoms with van der Waals surface area (Å²) in [5.41, 5.74) is 0.204. The van der Waals surface area contributed by atoms with Crippen LogP contribution in [0.3, 0.4) is 0 Å². The molecule has 2 saturated carbocycles. The Morgan fingerprint density at radius 2 is 1.88 bits per heavy atom. The number of fused-ring (bicyclic) bond motifs is 1. The number of aliphatic hydroxyl groups is 1. The maximum Gasteiger partial charge on any atom is 0.330 e. The van der Waals surface area contributed by atoms with Crippen LogP contribution in [0, 0.1) is 11.6 Å². The molecule has 1 aliphatic heterocycles. The zero-order valence-corrected chi connectivity index (χ0v) is 17.8. The number of anilines is 3. The van der Waals surface area contributed by atoms with Crippen molar-refractivity contribution in [1.82, 2.24) is 9.97 Å². The highest BCUT2D eigenvalue weighted by molar-refractivity contribution is 6.34. The molecule has 0 unspecified atom stereocenters. The quantitative estimate of drug-likeness (QED) is 0.632. The van der Waals surface area contributed by atoms with Gasteiger partial charge in [0.2, 0.25) is 5.95 Å². The predicted molar refractivity (Wildman–Crippen MR) is 114 cm³/mol. The smallest absolute Gasteiger partial charge is 0.330 e. The van der Waals surface area contributed by atoms with Crippen molar-refractivity contribution in [3.63, 3.8) is 0 Å². The first-order valence-corrected chi connectivity index (χ1v) is 11.0. The number of halogens is 3. The van der Waals surface area contributed by atoms with E-state index in [1.807, 2.05) is 0 Å². The average molecular weight is 466 g/mol. The molecule has 170 valence electrons. The number of rotatable bonds is 4. The highest BCUT2D eigenvalue weighted by Gasteiger charge is 2.43. The molecule has 0 radical (unpaired) electrons. The van der Waals surface area contributed by atoms with Crippen molar-refractivity contribution < 1.29 is 23.8 Å². The van der Waals surface area contributed by atoms with E-state index in [9.17, 15) is 23.8 Å². The second-order valence-electron chi connectivity index (χ2n) is 8.51. The second kappa shape index (κ2) is 8.00. The summed E-state index contributed by atoms with van der Waals surface area (Å²) < 4.78 is 28.4. The fraction of sp³-hybridized carbons (Fsp3) is 0.476. The van der Waals surface area contributed by atoms with Gasteiger partial charge >= 0.3 is 6.03 Å². The molecule has 2 amide bonds. The Balaban J connectivity index is 1.48. The highest BCUT2D eigenvalue weighted by Crippen LogP contribution is 2.43. The van der Waals surface area contributed by atoms with Crippen LogP contribution in [0.25, 0.3) is 0 Å². The van der Waals surface area contributed by atoms with E-state index in [2.05, 4.69) is 15.3 Å². The lowest BCUT2D eigenvalue weighted by molar-refractivity contribution is 0.126. The van der Waals surface area contributed by atoms with E-state index in [0.29, 0.717) is 30.2 Å². The molecule has 3 aliphatic rings. The first-order chi connectivity index (χ1) is 15.3. The number of hydrogen-bond acceptors (Lipinski definition) is 6. The molecule has 5 rings (SSSR count). The molecule has 32 heavy (non-hydrogen) atoms. The topological polar surface area (TPSA) is 102 Å². The normalized spacial score (nSPS) is 23.3. The molecule has 2 aliphatic carbocycles. The Labute approximate surface area is 187 Å². The Hall–Kier alpha value is -2.72. The van der Waals surface area contributed by atoms with Gasteiger partial charge in [-0.3, -0.25) is 9.80 Å². The van der Waals surface area contributed by atoms with Gasteiger partial charge in [-0.15, -0.1) is 0 Å². The van der Waals surface area contributed by atoms with E-state index < -0.39 is 23.4 Å². The van der Waals surface area contributed by atoms with Crippen LogP contribution in [0.2, 0.25) is 5.02 Å². The molecule has 3 N–H and O–H groups in total. The number of aliphatic hydroxyl groups excluding tert-OH is 1. The third kappa shape index (κ3) is 3.71. The monoisotopic (exact) mass is 465 g/mol. The van der Waals surface area contributed by atoms with E-state index in [1.165, 1.54) is 4.90 Å². The van der Waals surface area contributed by atoms with E-state index >= 15 is 0 Å². The number of aromatic nitrogens is 2. The van der Waals surface area contributed by atoms with Crippen molar-refractivity contribution in [2.24, 2.45) is 0 Å². The number of urea groups is 1. The van der Waals surface area contributed by atoms with Gasteiger partial charge in [0.15, 0.2) is 17.4 Å². The second-order valence-corrected chi connectivity index (χ2v) is 8.92. The van der Waals surface area contributed by atoms with Crippen molar-refractivity contribution >= 4 is 35.1 Å². The van der Waals surface area contributed by atoms with Crippen LogP contribution in [0.4, 0.5) is 31.0 Å². The predicted octanol–water partition coefficient (Wildman–Crippen LogP) is 3.94. The number of carbonyl (C=O) groups excluding carboxylic acids is 1. The number of phenols is 1. The van der Waals surface area contributed by atoms with Crippen LogP contribution in [-0.2, 0) is 6.54 Å².